The highest BCUT2D eigenvalue weighted by Crippen LogP contribution is 2.29. The van der Waals surface area contributed by atoms with Crippen molar-refractivity contribution in [2.45, 2.75) is 38.9 Å². The Hall–Kier alpha value is -1.85. The van der Waals surface area contributed by atoms with Crippen molar-refractivity contribution in [1.29, 1.82) is 0 Å². The monoisotopic (exact) mass is 313 g/mol. The van der Waals surface area contributed by atoms with Crippen LogP contribution >= 0.6 is 0 Å². The van der Waals surface area contributed by atoms with Crippen LogP contribution < -0.4 is 5.46 Å². The van der Waals surface area contributed by atoms with E-state index >= 15 is 0 Å². The third kappa shape index (κ3) is 2.75. The quantitative estimate of drug-likeness (QED) is 0.749. The van der Waals surface area contributed by atoms with Gasteiger partial charge < -0.3 is 14.2 Å². The standard InChI is InChI=1S/C18H19BFO3/c1-17(2,21)18(3,4)23-19-12-8-6-10-14-15(12)11-7-5-9-13(20)16(11)22-14/h5-10,21H,1-4H3. The number of halogens is 1. The highest BCUT2D eigenvalue weighted by Gasteiger charge is 2.36. The number of rotatable bonds is 4. The van der Waals surface area contributed by atoms with Gasteiger partial charge in [0.1, 0.15) is 5.58 Å². The zero-order chi connectivity index (χ0) is 16.8. The number of benzene rings is 2. The zero-order valence-corrected chi connectivity index (χ0v) is 13.7. The molecule has 1 aromatic heterocycles. The first kappa shape index (κ1) is 16.0. The molecule has 0 aliphatic rings. The Bertz CT molecular complexity index is 862. The van der Waals surface area contributed by atoms with Gasteiger partial charge in [-0.15, -0.1) is 0 Å². The second kappa shape index (κ2) is 5.36. The minimum atomic E-state index is -1.01. The van der Waals surface area contributed by atoms with Crippen LogP contribution in [0.25, 0.3) is 21.9 Å². The van der Waals surface area contributed by atoms with Crippen LogP contribution in [0, 0.1) is 5.82 Å². The van der Waals surface area contributed by atoms with Crippen LogP contribution in [0.3, 0.4) is 0 Å². The molecule has 0 amide bonds. The molecule has 0 aliphatic heterocycles. The van der Waals surface area contributed by atoms with Crippen LogP contribution in [-0.4, -0.2) is 23.8 Å². The molecule has 119 valence electrons. The molecular formula is C18H19BFO3. The molecule has 23 heavy (non-hydrogen) atoms. The summed E-state index contributed by atoms with van der Waals surface area (Å²) in [7, 11) is 1.60. The number of furan rings is 1. The van der Waals surface area contributed by atoms with Gasteiger partial charge in [-0.3, -0.25) is 0 Å². The first-order valence-corrected chi connectivity index (χ1v) is 7.54. The van der Waals surface area contributed by atoms with Crippen LogP contribution in [0.15, 0.2) is 40.8 Å². The molecule has 0 saturated carbocycles. The van der Waals surface area contributed by atoms with Gasteiger partial charge in [-0.1, -0.05) is 24.3 Å². The molecule has 0 aliphatic carbocycles. The molecule has 3 nitrogen and oxygen atoms in total. The lowest BCUT2D eigenvalue weighted by Gasteiger charge is -2.37. The van der Waals surface area contributed by atoms with Gasteiger partial charge in [0.2, 0.25) is 0 Å². The summed E-state index contributed by atoms with van der Waals surface area (Å²) in [4.78, 5) is 0. The molecular weight excluding hydrogens is 294 g/mol. The highest BCUT2D eigenvalue weighted by molar-refractivity contribution is 6.52. The fourth-order valence-electron chi connectivity index (χ4n) is 2.29. The van der Waals surface area contributed by atoms with Gasteiger partial charge in [0.25, 0.3) is 0 Å². The Morgan fingerprint density at radius 2 is 1.78 bits per heavy atom. The molecule has 0 saturated heterocycles. The van der Waals surface area contributed by atoms with Crippen molar-refractivity contribution in [2.75, 3.05) is 0 Å². The van der Waals surface area contributed by atoms with Gasteiger partial charge >= 0.3 is 7.48 Å². The summed E-state index contributed by atoms with van der Waals surface area (Å²) >= 11 is 0. The lowest BCUT2D eigenvalue weighted by molar-refractivity contribution is -0.0893. The lowest BCUT2D eigenvalue weighted by atomic mass is 9.80. The van der Waals surface area contributed by atoms with E-state index in [1.54, 1.807) is 33.5 Å². The van der Waals surface area contributed by atoms with E-state index < -0.39 is 11.2 Å². The average Bonchev–Trinajstić information content (AvgIpc) is 2.85. The Labute approximate surface area is 135 Å². The molecule has 5 heteroatoms. The maximum absolute atomic E-state index is 13.9. The Morgan fingerprint density at radius 3 is 2.48 bits per heavy atom. The summed E-state index contributed by atoms with van der Waals surface area (Å²) in [6, 6.07) is 10.4. The lowest BCUT2D eigenvalue weighted by Crippen LogP contribution is -2.49. The van der Waals surface area contributed by atoms with Crippen molar-refractivity contribution in [3.63, 3.8) is 0 Å². The molecule has 0 spiro atoms. The topological polar surface area (TPSA) is 42.6 Å². The minimum absolute atomic E-state index is 0.241. The zero-order valence-electron chi connectivity index (χ0n) is 13.7. The molecule has 0 bridgehead atoms. The Morgan fingerprint density at radius 1 is 1.09 bits per heavy atom. The van der Waals surface area contributed by atoms with E-state index in [1.165, 1.54) is 6.07 Å². The van der Waals surface area contributed by atoms with Crippen molar-refractivity contribution < 1.29 is 18.6 Å². The normalized spacial score (nSPS) is 13.0. The fraction of sp³-hybridized carbons (Fsp3) is 0.333. The predicted molar refractivity (Wildman–Crippen MR) is 90.5 cm³/mol. The molecule has 3 rings (SSSR count). The van der Waals surface area contributed by atoms with Gasteiger partial charge in [0.15, 0.2) is 11.4 Å². The summed E-state index contributed by atoms with van der Waals surface area (Å²) in [5.41, 5.74) is -0.167. The van der Waals surface area contributed by atoms with Crippen molar-refractivity contribution in [3.05, 3.63) is 42.2 Å². The maximum atomic E-state index is 13.9. The average molecular weight is 313 g/mol. The summed E-state index contributed by atoms with van der Waals surface area (Å²) in [5, 5.41) is 11.7. The Kier molecular flexibility index (Phi) is 3.73. The highest BCUT2D eigenvalue weighted by atomic mass is 19.1. The second-order valence-electron chi connectivity index (χ2n) is 6.74. The minimum Gasteiger partial charge on any atom is -0.453 e. The van der Waals surface area contributed by atoms with E-state index in [9.17, 15) is 9.50 Å². The number of para-hydroxylation sites is 1. The summed E-state index contributed by atoms with van der Waals surface area (Å²) in [6.45, 7) is 7.03. The van der Waals surface area contributed by atoms with E-state index in [4.69, 9.17) is 9.07 Å². The van der Waals surface area contributed by atoms with Crippen molar-refractivity contribution in [1.82, 2.24) is 0 Å². The van der Waals surface area contributed by atoms with Gasteiger partial charge in [0, 0.05) is 10.8 Å². The van der Waals surface area contributed by atoms with Crippen LogP contribution in [0.4, 0.5) is 4.39 Å². The van der Waals surface area contributed by atoms with E-state index in [0.29, 0.717) is 11.0 Å². The third-order valence-electron chi connectivity index (χ3n) is 4.46. The fourth-order valence-corrected chi connectivity index (χ4v) is 2.29. The summed E-state index contributed by atoms with van der Waals surface area (Å²) in [6.07, 6.45) is 0. The van der Waals surface area contributed by atoms with Crippen LogP contribution in [0.1, 0.15) is 27.7 Å². The molecule has 0 atom stereocenters. The number of aliphatic hydroxyl groups is 1. The largest absolute Gasteiger partial charge is 0.453 e. The third-order valence-corrected chi connectivity index (χ3v) is 4.46. The molecule has 3 aromatic rings. The van der Waals surface area contributed by atoms with E-state index in [-0.39, 0.29) is 11.4 Å². The van der Waals surface area contributed by atoms with Crippen molar-refractivity contribution >= 4 is 34.9 Å². The molecule has 1 radical (unpaired) electrons. The first-order valence-electron chi connectivity index (χ1n) is 7.54. The SMILES string of the molecule is CC(C)(O)C(C)(C)O[B]c1cccc2oc3c(F)cccc3c12. The van der Waals surface area contributed by atoms with Crippen LogP contribution in [0.5, 0.6) is 0 Å². The van der Waals surface area contributed by atoms with E-state index in [0.717, 1.165) is 10.8 Å². The van der Waals surface area contributed by atoms with Crippen molar-refractivity contribution in [2.24, 2.45) is 0 Å². The number of fused-ring (bicyclic) bond motifs is 3. The number of hydrogen-bond donors (Lipinski definition) is 1. The van der Waals surface area contributed by atoms with Gasteiger partial charge in [-0.05, 0) is 45.3 Å². The summed E-state index contributed by atoms with van der Waals surface area (Å²) in [5.74, 6) is -0.387. The molecule has 1 heterocycles. The molecule has 2 aromatic carbocycles. The van der Waals surface area contributed by atoms with Gasteiger partial charge in [0.05, 0.1) is 11.2 Å². The predicted octanol–water partition coefficient (Wildman–Crippen LogP) is 3.54. The maximum Gasteiger partial charge on any atom is 0.331 e. The van der Waals surface area contributed by atoms with Gasteiger partial charge in [-0.2, -0.15) is 0 Å². The van der Waals surface area contributed by atoms with Crippen LogP contribution in [0.2, 0.25) is 0 Å². The second-order valence-corrected chi connectivity index (χ2v) is 6.74. The first-order chi connectivity index (χ1) is 10.7. The van der Waals surface area contributed by atoms with Gasteiger partial charge in [-0.25, -0.2) is 4.39 Å². The number of hydrogen-bond acceptors (Lipinski definition) is 3. The van der Waals surface area contributed by atoms with E-state index in [1.807, 2.05) is 32.0 Å². The summed E-state index contributed by atoms with van der Waals surface area (Å²) < 4.78 is 25.4. The Balaban J connectivity index is 2.05. The molecule has 0 fully saturated rings. The van der Waals surface area contributed by atoms with Crippen molar-refractivity contribution in [3.8, 4) is 0 Å². The van der Waals surface area contributed by atoms with E-state index in [2.05, 4.69) is 0 Å². The molecule has 1 N–H and O–H groups in total. The molecule has 0 unspecified atom stereocenters. The smallest absolute Gasteiger partial charge is 0.331 e. The van der Waals surface area contributed by atoms with Crippen LogP contribution in [-0.2, 0) is 4.65 Å².